The second-order valence-corrected chi connectivity index (χ2v) is 4.18. The zero-order valence-corrected chi connectivity index (χ0v) is 13.2. The summed E-state index contributed by atoms with van der Waals surface area (Å²) in [5.74, 6) is 0.270. The number of nitrogens with one attached hydrogen (secondary N) is 1. The molecule has 8 nitrogen and oxygen atoms in total. The van der Waals surface area contributed by atoms with E-state index in [1.54, 1.807) is 38.4 Å². The Bertz CT molecular complexity index is 542. The molecular weight excluding hydrogens is 302 g/mol. The van der Waals surface area contributed by atoms with Crippen molar-refractivity contribution < 1.29 is 24.1 Å². The minimum Gasteiger partial charge on any atom is -0.504 e. The van der Waals surface area contributed by atoms with Crippen LogP contribution in [0, 0.1) is 11.5 Å². The quantitative estimate of drug-likeness (QED) is 0.166. The van der Waals surface area contributed by atoms with Crippen LogP contribution in [0.15, 0.2) is 23.3 Å². The average Bonchev–Trinajstić information content (AvgIpc) is 2.56. The third kappa shape index (κ3) is 6.42. The Labute approximate surface area is 135 Å². The molecule has 0 saturated carbocycles. The molecule has 0 saturated heterocycles. The van der Waals surface area contributed by atoms with Crippen molar-refractivity contribution in [2.24, 2.45) is 5.10 Å². The first-order valence-electron chi connectivity index (χ1n) is 7.11. The molecule has 1 aromatic carbocycles. The van der Waals surface area contributed by atoms with E-state index in [1.165, 1.54) is 0 Å². The topological polar surface area (TPSA) is 105 Å². The molecule has 0 unspecified atom stereocenters. The van der Waals surface area contributed by atoms with Crippen LogP contribution in [-0.4, -0.2) is 51.1 Å². The number of methoxy groups -OCH3 is 1. The predicted molar refractivity (Wildman–Crippen MR) is 83.2 cm³/mol. The van der Waals surface area contributed by atoms with Gasteiger partial charge in [-0.25, -0.2) is 5.43 Å². The van der Waals surface area contributed by atoms with Gasteiger partial charge in [0.1, 0.15) is 6.61 Å². The van der Waals surface area contributed by atoms with E-state index in [9.17, 15) is 5.11 Å². The molecule has 0 fully saturated rings. The Morgan fingerprint density at radius 1 is 1.30 bits per heavy atom. The van der Waals surface area contributed by atoms with E-state index in [1.807, 2.05) is 0 Å². The van der Waals surface area contributed by atoms with Gasteiger partial charge in [0.2, 0.25) is 5.90 Å². The molecule has 23 heavy (non-hydrogen) atoms. The molecule has 0 radical (unpaired) electrons. The predicted octanol–water partition coefficient (Wildman–Crippen LogP) is 1.20. The van der Waals surface area contributed by atoms with Crippen LogP contribution >= 0.6 is 0 Å². The van der Waals surface area contributed by atoms with Gasteiger partial charge in [0.05, 0.1) is 32.0 Å². The number of phenolic OH excluding ortho intramolecular Hbond substituents is 1. The summed E-state index contributed by atoms with van der Waals surface area (Å²) in [6.45, 7) is 3.75. The highest BCUT2D eigenvalue weighted by Gasteiger charge is 2.15. The lowest BCUT2D eigenvalue weighted by Crippen LogP contribution is -2.13. The summed E-state index contributed by atoms with van der Waals surface area (Å²) >= 11 is 0. The fourth-order valence-electron chi connectivity index (χ4n) is 1.65. The molecular formula is C15H21N3O5. The zero-order chi connectivity index (χ0) is 16.9. The lowest BCUT2D eigenvalue weighted by atomic mass is 10.2. The first-order valence-corrected chi connectivity index (χ1v) is 7.11. The highest BCUT2D eigenvalue weighted by atomic mass is 16.5. The van der Waals surface area contributed by atoms with Crippen molar-refractivity contribution in [1.82, 2.24) is 5.43 Å². The van der Waals surface area contributed by atoms with Crippen LogP contribution in [0.5, 0.6) is 11.5 Å². The van der Waals surface area contributed by atoms with Crippen molar-refractivity contribution in [3.63, 3.8) is 0 Å². The van der Waals surface area contributed by atoms with E-state index < -0.39 is 0 Å². The smallest absolute Gasteiger partial charge is 0.243 e. The monoisotopic (exact) mass is 323 g/mol. The van der Waals surface area contributed by atoms with E-state index in [-0.39, 0.29) is 24.0 Å². The maximum Gasteiger partial charge on any atom is 0.243 e. The fourth-order valence-corrected chi connectivity index (χ4v) is 1.65. The first kappa shape index (κ1) is 18.5. The van der Waals surface area contributed by atoms with Gasteiger partial charge >= 0.3 is 0 Å². The van der Waals surface area contributed by atoms with Crippen LogP contribution in [0.25, 0.3) is 0 Å². The number of aromatic hydroxyl groups is 1. The van der Waals surface area contributed by atoms with Crippen molar-refractivity contribution in [2.45, 2.75) is 6.92 Å². The maximum atomic E-state index is 10.3. The van der Waals surface area contributed by atoms with Gasteiger partial charge in [-0.05, 0) is 19.1 Å². The van der Waals surface area contributed by atoms with Crippen molar-refractivity contribution in [2.75, 3.05) is 40.1 Å². The Morgan fingerprint density at radius 3 is 2.78 bits per heavy atom. The minimum absolute atomic E-state index is 0.105. The van der Waals surface area contributed by atoms with Crippen LogP contribution in [0.3, 0.4) is 0 Å². The standard InChI is InChI=1S/C15H21N3O5/c1-3-22-15(18-17-11-16)12-5-4-6-13(14(12)19)23-10-9-21-8-7-20-2/h4-6,17,19H,3,7-10H2,1-2H3. The lowest BCUT2D eigenvalue weighted by Gasteiger charge is -2.13. The van der Waals surface area contributed by atoms with Crippen LogP contribution in [0.1, 0.15) is 12.5 Å². The fraction of sp³-hybridized carbons (Fsp3) is 0.467. The second-order valence-electron chi connectivity index (χ2n) is 4.18. The first-order chi connectivity index (χ1) is 11.2. The highest BCUT2D eigenvalue weighted by molar-refractivity contribution is 5.97. The van der Waals surface area contributed by atoms with Crippen molar-refractivity contribution >= 4 is 5.90 Å². The number of hydrazone groups is 1. The van der Waals surface area contributed by atoms with Gasteiger partial charge in [-0.3, -0.25) is 0 Å². The Morgan fingerprint density at radius 2 is 2.09 bits per heavy atom. The van der Waals surface area contributed by atoms with Crippen LogP contribution < -0.4 is 10.2 Å². The Hall–Kier alpha value is -2.50. The highest BCUT2D eigenvalue weighted by Crippen LogP contribution is 2.30. The molecule has 1 aromatic rings. The summed E-state index contributed by atoms with van der Waals surface area (Å²) in [6, 6.07) is 4.93. The molecule has 0 bridgehead atoms. The zero-order valence-electron chi connectivity index (χ0n) is 13.2. The lowest BCUT2D eigenvalue weighted by molar-refractivity contribution is 0.0540. The number of hydrogen-bond donors (Lipinski definition) is 2. The van der Waals surface area contributed by atoms with Gasteiger partial charge in [0.25, 0.3) is 0 Å². The number of nitrogens with zero attached hydrogens (tertiary/aromatic N) is 2. The largest absolute Gasteiger partial charge is 0.504 e. The molecule has 8 heteroatoms. The number of para-hydroxylation sites is 1. The van der Waals surface area contributed by atoms with E-state index in [4.69, 9.17) is 24.2 Å². The molecule has 0 heterocycles. The van der Waals surface area contributed by atoms with Crippen molar-refractivity contribution in [1.29, 1.82) is 5.26 Å². The number of nitriles is 1. The van der Waals surface area contributed by atoms with Crippen molar-refractivity contribution in [3.05, 3.63) is 23.8 Å². The number of phenols is 1. The summed E-state index contributed by atoms with van der Waals surface area (Å²) in [6.07, 6.45) is 1.66. The molecule has 126 valence electrons. The van der Waals surface area contributed by atoms with Crippen molar-refractivity contribution in [3.8, 4) is 17.7 Å². The average molecular weight is 323 g/mol. The molecule has 0 atom stereocenters. The normalized spacial score (nSPS) is 10.9. The summed E-state index contributed by atoms with van der Waals surface area (Å²) in [4.78, 5) is 0. The molecule has 0 aliphatic carbocycles. The molecule has 0 aliphatic heterocycles. The van der Waals surface area contributed by atoms with Gasteiger partial charge in [-0.1, -0.05) is 6.07 Å². The third-order valence-corrected chi connectivity index (χ3v) is 2.63. The Kier molecular flexibility index (Phi) is 8.97. The molecule has 0 spiro atoms. The van der Waals surface area contributed by atoms with Crippen LogP contribution in [-0.2, 0) is 14.2 Å². The van der Waals surface area contributed by atoms with Gasteiger partial charge in [0.15, 0.2) is 17.7 Å². The molecule has 0 aromatic heterocycles. The summed E-state index contributed by atoms with van der Waals surface area (Å²) in [5.41, 5.74) is 2.46. The van der Waals surface area contributed by atoms with Crippen LogP contribution in [0.2, 0.25) is 0 Å². The summed E-state index contributed by atoms with van der Waals surface area (Å²) in [5, 5.41) is 22.6. The molecule has 0 aliphatic rings. The molecule has 1 rings (SSSR count). The van der Waals surface area contributed by atoms with Gasteiger partial charge in [-0.2, -0.15) is 5.26 Å². The number of ether oxygens (including phenoxy) is 4. The van der Waals surface area contributed by atoms with E-state index >= 15 is 0 Å². The van der Waals surface area contributed by atoms with E-state index in [2.05, 4.69) is 10.5 Å². The van der Waals surface area contributed by atoms with Gasteiger partial charge in [-0.15, -0.1) is 5.10 Å². The number of hydrogen-bond acceptors (Lipinski definition) is 8. The van der Waals surface area contributed by atoms with E-state index in [0.717, 1.165) is 0 Å². The SMILES string of the molecule is CCOC(=NNC#N)c1cccc(OCCOCCOC)c1O. The number of rotatable bonds is 10. The Balaban J connectivity index is 2.71. The van der Waals surface area contributed by atoms with Crippen LogP contribution in [0.4, 0.5) is 0 Å². The minimum atomic E-state index is -0.115. The summed E-state index contributed by atoms with van der Waals surface area (Å²) in [7, 11) is 1.60. The van der Waals surface area contributed by atoms with Gasteiger partial charge in [0, 0.05) is 7.11 Å². The number of benzene rings is 1. The van der Waals surface area contributed by atoms with E-state index in [0.29, 0.717) is 32.0 Å². The molecule has 0 amide bonds. The third-order valence-electron chi connectivity index (χ3n) is 2.63. The second kappa shape index (κ2) is 11.1. The molecule has 2 N–H and O–H groups in total. The summed E-state index contributed by atoms with van der Waals surface area (Å²) < 4.78 is 20.9. The van der Waals surface area contributed by atoms with Gasteiger partial charge < -0.3 is 24.1 Å². The maximum absolute atomic E-state index is 10.3.